The molecule has 0 amide bonds. The van der Waals surface area contributed by atoms with E-state index in [1.54, 1.807) is 6.07 Å². The van der Waals surface area contributed by atoms with Crippen molar-refractivity contribution in [1.82, 2.24) is 0 Å². The van der Waals surface area contributed by atoms with Gasteiger partial charge in [-0.25, -0.2) is 4.39 Å². The normalized spacial score (nSPS) is 12.9. The number of nitrogens with two attached hydrogens (primary N) is 1. The number of alkyl halides is 1. The molecular formula is C8H8BrClFNO. The largest absolute Gasteiger partial charge is 0.506 e. The Morgan fingerprint density at radius 2 is 2.23 bits per heavy atom. The second kappa shape index (κ2) is 4.26. The Kier molecular flexibility index (Phi) is 3.53. The Morgan fingerprint density at radius 1 is 1.62 bits per heavy atom. The van der Waals surface area contributed by atoms with Crippen LogP contribution in [0.25, 0.3) is 0 Å². The van der Waals surface area contributed by atoms with Crippen LogP contribution in [0.4, 0.5) is 4.39 Å². The summed E-state index contributed by atoms with van der Waals surface area (Å²) in [6.07, 6.45) is 0. The summed E-state index contributed by atoms with van der Waals surface area (Å²) in [5.74, 6) is -0.166. The molecule has 5 heteroatoms. The molecule has 0 heterocycles. The van der Waals surface area contributed by atoms with E-state index in [2.05, 4.69) is 15.9 Å². The minimum absolute atomic E-state index is 0.166. The Labute approximate surface area is 88.6 Å². The van der Waals surface area contributed by atoms with Crippen molar-refractivity contribution in [2.45, 2.75) is 6.04 Å². The van der Waals surface area contributed by atoms with Gasteiger partial charge in [-0.3, -0.25) is 0 Å². The highest BCUT2D eigenvalue weighted by molar-refractivity contribution is 9.10. The molecule has 72 valence electrons. The van der Waals surface area contributed by atoms with E-state index in [9.17, 15) is 9.50 Å². The van der Waals surface area contributed by atoms with Crippen molar-refractivity contribution in [3.05, 3.63) is 27.2 Å². The Bertz CT molecular complexity index is 321. The fourth-order valence-corrected chi connectivity index (χ4v) is 1.77. The van der Waals surface area contributed by atoms with E-state index in [4.69, 9.17) is 17.3 Å². The number of benzene rings is 1. The van der Waals surface area contributed by atoms with Crippen molar-refractivity contribution < 1.29 is 9.50 Å². The number of phenols is 1. The zero-order valence-electron chi connectivity index (χ0n) is 6.60. The maximum Gasteiger partial charge on any atom is 0.140 e. The van der Waals surface area contributed by atoms with Crippen LogP contribution in [0.1, 0.15) is 11.6 Å². The molecule has 0 fully saturated rings. The van der Waals surface area contributed by atoms with Gasteiger partial charge in [0.05, 0.1) is 11.1 Å². The summed E-state index contributed by atoms with van der Waals surface area (Å²) in [6, 6.07) is 2.27. The molecule has 2 nitrogen and oxygen atoms in total. The van der Waals surface area contributed by atoms with Gasteiger partial charge in [0.25, 0.3) is 0 Å². The molecule has 0 saturated heterocycles. The lowest BCUT2D eigenvalue weighted by molar-refractivity contribution is 0.413. The van der Waals surface area contributed by atoms with Crippen molar-refractivity contribution in [2.75, 3.05) is 6.67 Å². The molecule has 0 aromatic heterocycles. The number of rotatable bonds is 2. The molecule has 0 spiro atoms. The third-order valence-electron chi connectivity index (χ3n) is 1.65. The third kappa shape index (κ3) is 2.13. The maximum atomic E-state index is 12.3. The van der Waals surface area contributed by atoms with Crippen LogP contribution in [-0.4, -0.2) is 11.8 Å². The summed E-state index contributed by atoms with van der Waals surface area (Å²) >= 11 is 8.80. The van der Waals surface area contributed by atoms with Gasteiger partial charge in [-0.2, -0.15) is 0 Å². The molecule has 1 atom stereocenters. The molecular weight excluding hydrogens is 260 g/mol. The topological polar surface area (TPSA) is 46.2 Å². The molecule has 3 N–H and O–H groups in total. The fourth-order valence-electron chi connectivity index (χ4n) is 0.987. The van der Waals surface area contributed by atoms with Crippen LogP contribution in [0, 0.1) is 0 Å². The van der Waals surface area contributed by atoms with Crippen LogP contribution in [-0.2, 0) is 0 Å². The van der Waals surface area contributed by atoms with Crippen molar-refractivity contribution in [1.29, 1.82) is 0 Å². The minimum Gasteiger partial charge on any atom is -0.506 e. The quantitative estimate of drug-likeness (QED) is 0.866. The first kappa shape index (κ1) is 10.8. The fraction of sp³-hybridized carbons (Fsp3) is 0.250. The van der Waals surface area contributed by atoms with E-state index >= 15 is 0 Å². The van der Waals surface area contributed by atoms with Gasteiger partial charge >= 0.3 is 0 Å². The van der Waals surface area contributed by atoms with E-state index in [0.29, 0.717) is 10.0 Å². The van der Waals surface area contributed by atoms with Crippen molar-refractivity contribution >= 4 is 27.5 Å². The first-order valence-corrected chi connectivity index (χ1v) is 4.73. The smallest absolute Gasteiger partial charge is 0.140 e. The second-order valence-electron chi connectivity index (χ2n) is 2.55. The molecule has 1 rings (SSSR count). The summed E-state index contributed by atoms with van der Waals surface area (Å²) in [7, 11) is 0. The number of hydrogen-bond acceptors (Lipinski definition) is 2. The van der Waals surface area contributed by atoms with E-state index in [1.165, 1.54) is 6.07 Å². The van der Waals surface area contributed by atoms with Crippen LogP contribution < -0.4 is 5.73 Å². The average Bonchev–Trinajstić information content (AvgIpc) is 2.12. The summed E-state index contributed by atoms with van der Waals surface area (Å²) < 4.78 is 12.8. The van der Waals surface area contributed by atoms with Gasteiger partial charge in [-0.15, -0.1) is 0 Å². The summed E-state index contributed by atoms with van der Waals surface area (Å²) in [4.78, 5) is 0. The van der Waals surface area contributed by atoms with Crippen LogP contribution in [0.5, 0.6) is 5.75 Å². The van der Waals surface area contributed by atoms with Crippen LogP contribution in [0.2, 0.25) is 5.02 Å². The second-order valence-corrected chi connectivity index (χ2v) is 3.81. The molecule has 0 aliphatic carbocycles. The van der Waals surface area contributed by atoms with Gasteiger partial charge in [-0.1, -0.05) is 27.5 Å². The Hall–Kier alpha value is -0.320. The van der Waals surface area contributed by atoms with Crippen LogP contribution >= 0.6 is 27.5 Å². The van der Waals surface area contributed by atoms with Crippen molar-refractivity contribution in [3.63, 3.8) is 0 Å². The van der Waals surface area contributed by atoms with Gasteiger partial charge in [0, 0.05) is 10.0 Å². The summed E-state index contributed by atoms with van der Waals surface area (Å²) in [5, 5.41) is 9.64. The lowest BCUT2D eigenvalue weighted by atomic mass is 10.1. The highest BCUT2D eigenvalue weighted by atomic mass is 79.9. The van der Waals surface area contributed by atoms with E-state index in [-0.39, 0.29) is 10.8 Å². The van der Waals surface area contributed by atoms with Gasteiger partial charge in [0.15, 0.2) is 0 Å². The lowest BCUT2D eigenvalue weighted by Crippen LogP contribution is -2.13. The van der Waals surface area contributed by atoms with E-state index in [1.807, 2.05) is 0 Å². The molecule has 1 aromatic rings. The highest BCUT2D eigenvalue weighted by Gasteiger charge is 2.16. The predicted molar refractivity (Wildman–Crippen MR) is 53.7 cm³/mol. The molecule has 0 aliphatic heterocycles. The summed E-state index contributed by atoms with van der Waals surface area (Å²) in [6.45, 7) is -0.744. The maximum absolute atomic E-state index is 12.3. The zero-order chi connectivity index (χ0) is 10.0. The number of hydrogen-bond donors (Lipinski definition) is 2. The standard InChI is InChI=1S/C8H8BrClFNO/c9-4-1-2-5(10)8(13)7(4)6(12)3-11/h1-2,6,13H,3,12H2/t6-/m1/s1. The van der Waals surface area contributed by atoms with Gasteiger partial charge < -0.3 is 10.8 Å². The SMILES string of the molecule is N[C@H](CF)c1c(Br)ccc(Cl)c1O. The molecule has 1 aromatic carbocycles. The number of aromatic hydroxyl groups is 1. The Balaban J connectivity index is 3.25. The predicted octanol–water partition coefficient (Wildman–Crippen LogP) is 2.78. The highest BCUT2D eigenvalue weighted by Crippen LogP contribution is 2.36. The van der Waals surface area contributed by atoms with Gasteiger partial charge in [0.1, 0.15) is 12.4 Å². The van der Waals surface area contributed by atoms with E-state index in [0.717, 1.165) is 0 Å². The number of phenolic OH excluding ortho intramolecular Hbond substituents is 1. The first-order valence-electron chi connectivity index (χ1n) is 3.56. The summed E-state index contributed by atoms with van der Waals surface area (Å²) in [5.41, 5.74) is 5.74. The van der Waals surface area contributed by atoms with Crippen molar-refractivity contribution in [3.8, 4) is 5.75 Å². The molecule has 13 heavy (non-hydrogen) atoms. The van der Waals surface area contributed by atoms with Crippen LogP contribution in [0.15, 0.2) is 16.6 Å². The van der Waals surface area contributed by atoms with Crippen LogP contribution in [0.3, 0.4) is 0 Å². The van der Waals surface area contributed by atoms with Gasteiger partial charge in [-0.05, 0) is 12.1 Å². The monoisotopic (exact) mass is 267 g/mol. The lowest BCUT2D eigenvalue weighted by Gasteiger charge is -2.12. The third-order valence-corrected chi connectivity index (χ3v) is 2.65. The molecule has 0 radical (unpaired) electrons. The molecule has 0 saturated carbocycles. The first-order chi connectivity index (χ1) is 6.07. The molecule has 0 unspecified atom stereocenters. The molecule has 0 bridgehead atoms. The number of halogens is 3. The Morgan fingerprint density at radius 3 is 2.77 bits per heavy atom. The molecule has 0 aliphatic rings. The minimum atomic E-state index is -0.854. The van der Waals surface area contributed by atoms with Gasteiger partial charge in [0.2, 0.25) is 0 Å². The van der Waals surface area contributed by atoms with E-state index < -0.39 is 12.7 Å². The average molecular weight is 269 g/mol. The van der Waals surface area contributed by atoms with Crippen molar-refractivity contribution in [2.24, 2.45) is 5.73 Å². The zero-order valence-corrected chi connectivity index (χ0v) is 8.94.